The number of rotatable bonds is 13. The van der Waals surface area contributed by atoms with Crippen molar-refractivity contribution >= 4 is 120 Å². The summed E-state index contributed by atoms with van der Waals surface area (Å²) in [4.78, 5) is 45.0. The van der Waals surface area contributed by atoms with Gasteiger partial charge in [0, 0.05) is 82.4 Å². The first kappa shape index (κ1) is 80.4. The summed E-state index contributed by atoms with van der Waals surface area (Å²) >= 11 is 0. The van der Waals surface area contributed by atoms with Gasteiger partial charge in [-0.05, 0) is 195 Å². The molecular weight excluding hydrogens is 1680 g/mol. The molecule has 0 unspecified atom stereocenters. The number of furan rings is 3. The number of para-hydroxylation sites is 1. The van der Waals surface area contributed by atoms with Crippen LogP contribution in [0.15, 0.2) is 480 Å². The molecule has 137 heavy (non-hydrogen) atoms. The van der Waals surface area contributed by atoms with E-state index in [9.17, 15) is 0 Å². The van der Waals surface area contributed by atoms with Gasteiger partial charge in [-0.2, -0.15) is 0 Å². The van der Waals surface area contributed by atoms with Crippen LogP contribution < -0.4 is 0 Å². The van der Waals surface area contributed by atoms with Crippen LogP contribution in [0, 0.1) is 0 Å². The minimum Gasteiger partial charge on any atom is -0.456 e. The Morgan fingerprint density at radius 1 is 0.117 bits per heavy atom. The monoisotopic (exact) mass is 1750 g/mol. The second-order valence-electron chi connectivity index (χ2n) is 34.3. The van der Waals surface area contributed by atoms with Gasteiger partial charge >= 0.3 is 0 Å². The second kappa shape index (κ2) is 34.6. The van der Waals surface area contributed by atoms with Gasteiger partial charge in [-0.25, -0.2) is 44.9 Å². The summed E-state index contributed by atoms with van der Waals surface area (Å²) in [6.45, 7) is 0. The Morgan fingerprint density at radius 2 is 0.380 bits per heavy atom. The van der Waals surface area contributed by atoms with Gasteiger partial charge in [0.25, 0.3) is 0 Å². The standard InChI is InChI=1S/C43H27N3O.2C41H25N3O/c1-2-9-28(10-3-1)30-17-22-32(23-18-30)41-44-42(33-24-19-31(20-25-33)35-26-21-29-11-4-5-12-34(29)27-35)46-43(45-41)37-14-8-16-39-40(37)36-13-6-7-15-38(36)47-39;1-2-11-28(12-3-1)39-42-40(32-20-18-27-10-5-7-14-30(27)24-32)44-41(43-39)33-21-22-36-35(25-33)38-34(15-8-16-37(38)45-36)31-19-17-26-9-4-6-13-29(26)23-31;1-2-10-28(11-3-1)39-42-40(33-17-15-27-9-5-7-13-30(27)23-33)44-41(43-39)34-19-21-37-36(24-34)35-20-18-32(25-38(35)45-37)31-16-14-26-8-4-6-12-29(26)22-31/h1-27H;2*1-25H. The zero-order valence-corrected chi connectivity index (χ0v) is 73.7. The summed E-state index contributed by atoms with van der Waals surface area (Å²) in [6, 6.07) is 161. The quantitative estimate of drug-likeness (QED) is 0.108. The molecule has 0 radical (unpaired) electrons. The van der Waals surface area contributed by atoms with Crippen molar-refractivity contribution < 1.29 is 13.3 Å². The predicted octanol–water partition coefficient (Wildman–Crippen LogP) is 32.8. The number of hydrogen-bond donors (Lipinski definition) is 0. The lowest BCUT2D eigenvalue weighted by Crippen LogP contribution is -2.00. The highest BCUT2D eigenvalue weighted by Crippen LogP contribution is 2.44. The van der Waals surface area contributed by atoms with Crippen LogP contribution in [0.1, 0.15) is 0 Å². The van der Waals surface area contributed by atoms with Crippen LogP contribution in [0.4, 0.5) is 0 Å². The summed E-state index contributed by atoms with van der Waals surface area (Å²) in [5, 5.41) is 18.2. The van der Waals surface area contributed by atoms with Crippen LogP contribution in [0.2, 0.25) is 0 Å². The van der Waals surface area contributed by atoms with Gasteiger partial charge in [0.05, 0.1) is 0 Å². The third-order valence-electron chi connectivity index (χ3n) is 25.7. The summed E-state index contributed by atoms with van der Waals surface area (Å²) in [5.74, 6) is 5.63. The van der Waals surface area contributed by atoms with Crippen molar-refractivity contribution in [3.05, 3.63) is 467 Å². The molecule has 27 aromatic rings. The van der Waals surface area contributed by atoms with Crippen molar-refractivity contribution in [3.8, 4) is 147 Å². The number of benzene rings is 21. The zero-order chi connectivity index (χ0) is 90.6. The predicted molar refractivity (Wildman–Crippen MR) is 560 cm³/mol. The summed E-state index contributed by atoms with van der Waals surface area (Å²) in [6.07, 6.45) is 0. The van der Waals surface area contributed by atoms with Crippen molar-refractivity contribution in [3.63, 3.8) is 0 Å². The molecule has 0 bridgehead atoms. The van der Waals surface area contributed by atoms with Gasteiger partial charge in [-0.3, -0.25) is 0 Å². The Morgan fingerprint density at radius 3 is 0.847 bits per heavy atom. The fourth-order valence-corrected chi connectivity index (χ4v) is 18.7. The van der Waals surface area contributed by atoms with Gasteiger partial charge in [-0.1, -0.05) is 370 Å². The maximum atomic E-state index is 6.37. The van der Waals surface area contributed by atoms with Gasteiger partial charge in [-0.15, -0.1) is 0 Å². The Labute approximate surface area is 786 Å². The molecule has 0 aliphatic carbocycles. The van der Waals surface area contributed by atoms with E-state index in [1.54, 1.807) is 0 Å². The van der Waals surface area contributed by atoms with E-state index >= 15 is 0 Å². The van der Waals surface area contributed by atoms with Gasteiger partial charge in [0.15, 0.2) is 52.4 Å². The van der Waals surface area contributed by atoms with E-state index < -0.39 is 0 Å². The highest BCUT2D eigenvalue weighted by Gasteiger charge is 2.23. The van der Waals surface area contributed by atoms with Crippen LogP contribution in [-0.4, -0.2) is 44.9 Å². The first-order valence-electron chi connectivity index (χ1n) is 45.7. The molecule has 0 aliphatic heterocycles. The van der Waals surface area contributed by atoms with Crippen molar-refractivity contribution in [2.45, 2.75) is 0 Å². The van der Waals surface area contributed by atoms with E-state index in [2.05, 4.69) is 340 Å². The van der Waals surface area contributed by atoms with Crippen LogP contribution in [0.25, 0.3) is 267 Å². The van der Waals surface area contributed by atoms with Gasteiger partial charge < -0.3 is 13.3 Å². The Kier molecular flexibility index (Phi) is 20.3. The zero-order valence-electron chi connectivity index (χ0n) is 73.7. The number of hydrogen-bond acceptors (Lipinski definition) is 12. The molecule has 0 aliphatic rings. The first-order chi connectivity index (χ1) is 67.8. The van der Waals surface area contributed by atoms with Crippen molar-refractivity contribution in [2.75, 3.05) is 0 Å². The van der Waals surface area contributed by atoms with Gasteiger partial charge in [0.1, 0.15) is 33.5 Å². The molecule has 21 aromatic carbocycles. The molecule has 0 fully saturated rings. The van der Waals surface area contributed by atoms with Crippen molar-refractivity contribution in [1.82, 2.24) is 44.9 Å². The molecule has 6 aromatic heterocycles. The first-order valence-corrected chi connectivity index (χ1v) is 45.7. The van der Waals surface area contributed by atoms with E-state index in [1.807, 2.05) is 127 Å². The Hall–Kier alpha value is -18.7. The van der Waals surface area contributed by atoms with Crippen molar-refractivity contribution in [1.29, 1.82) is 0 Å². The molecule has 12 nitrogen and oxygen atoms in total. The fraction of sp³-hybridized carbons (Fsp3) is 0. The molecule has 0 saturated carbocycles. The Balaban J connectivity index is 0.000000109. The highest BCUT2D eigenvalue weighted by molar-refractivity contribution is 6.15. The largest absolute Gasteiger partial charge is 0.456 e. The molecule has 0 saturated heterocycles. The van der Waals surface area contributed by atoms with E-state index in [0.29, 0.717) is 52.4 Å². The molecule has 640 valence electrons. The third kappa shape index (κ3) is 15.7. The summed E-state index contributed by atoms with van der Waals surface area (Å²) in [5.41, 5.74) is 22.5. The minimum atomic E-state index is 0.605. The molecule has 12 heteroatoms. The minimum absolute atomic E-state index is 0.605. The lowest BCUT2D eigenvalue weighted by atomic mass is 9.96. The number of aromatic nitrogens is 9. The van der Waals surface area contributed by atoms with Gasteiger partial charge in [0.2, 0.25) is 0 Å². The second-order valence-corrected chi connectivity index (χ2v) is 34.3. The van der Waals surface area contributed by atoms with E-state index in [0.717, 1.165) is 160 Å². The smallest absolute Gasteiger partial charge is 0.164 e. The molecule has 0 spiro atoms. The molecule has 6 heterocycles. The average molecular weight is 1750 g/mol. The molecule has 0 amide bonds. The van der Waals surface area contributed by atoms with E-state index in [1.165, 1.54) is 54.2 Å². The molecular formula is C125H77N9O3. The molecule has 27 rings (SSSR count). The van der Waals surface area contributed by atoms with Crippen LogP contribution in [0.3, 0.4) is 0 Å². The maximum Gasteiger partial charge on any atom is 0.164 e. The molecule has 0 N–H and O–H groups in total. The number of nitrogens with zero attached hydrogens (tertiary/aromatic N) is 9. The van der Waals surface area contributed by atoms with Crippen LogP contribution in [0.5, 0.6) is 0 Å². The Bertz CT molecular complexity index is 9370. The number of fused-ring (bicyclic) bond motifs is 14. The lowest BCUT2D eigenvalue weighted by molar-refractivity contribution is 0.668. The lowest BCUT2D eigenvalue weighted by Gasteiger charge is -2.10. The average Bonchev–Trinajstić information content (AvgIpc) is 1.57. The van der Waals surface area contributed by atoms with Crippen LogP contribution in [-0.2, 0) is 0 Å². The SMILES string of the molecule is c1ccc(-c2ccc(-c3nc(-c4ccc(-c5ccc6ccccc6c5)cc4)nc(-c4cccc5oc6ccccc6c45)n3)cc2)cc1.c1ccc(-c2nc(-c3ccc4ccccc4c3)nc(-c3ccc4oc5cc(-c6ccc7ccccc7c6)ccc5c4c3)n2)cc1.c1ccc(-c2nc(-c3ccc4ccccc4c3)nc(-c3ccc4oc5cccc(-c6ccc7ccccc7c6)c5c4c3)n2)cc1. The summed E-state index contributed by atoms with van der Waals surface area (Å²) < 4.78 is 18.9. The van der Waals surface area contributed by atoms with Crippen LogP contribution >= 0.6 is 0 Å². The summed E-state index contributed by atoms with van der Waals surface area (Å²) in [7, 11) is 0. The highest BCUT2D eigenvalue weighted by atomic mass is 16.3. The van der Waals surface area contributed by atoms with E-state index in [4.69, 9.17) is 58.1 Å². The third-order valence-corrected chi connectivity index (χ3v) is 25.7. The normalized spacial score (nSPS) is 11.5. The molecule has 0 atom stereocenters. The van der Waals surface area contributed by atoms with Crippen molar-refractivity contribution in [2.24, 2.45) is 0 Å². The topological polar surface area (TPSA) is 155 Å². The maximum absolute atomic E-state index is 6.37. The van der Waals surface area contributed by atoms with E-state index in [-0.39, 0.29) is 0 Å². The fourth-order valence-electron chi connectivity index (χ4n) is 18.7.